The van der Waals surface area contributed by atoms with E-state index in [0.29, 0.717) is 12.3 Å². The van der Waals surface area contributed by atoms with Crippen molar-refractivity contribution in [3.05, 3.63) is 47.9 Å². The van der Waals surface area contributed by atoms with Crippen LogP contribution in [-0.4, -0.2) is 35.7 Å². The van der Waals surface area contributed by atoms with Gasteiger partial charge in [0.2, 0.25) is 0 Å². The SMILES string of the molecule is C[C@H](N1C=CC(=N[C@@H](C)Cc2ccc(F)cc2)NC1)C(F)(F)F. The molecule has 3 nitrogen and oxygen atoms in total. The zero-order valence-electron chi connectivity index (χ0n) is 12.9. The predicted molar refractivity (Wildman–Crippen MR) is 81.5 cm³/mol. The van der Waals surface area contributed by atoms with E-state index in [0.717, 1.165) is 12.5 Å². The second kappa shape index (κ2) is 7.02. The normalized spacial score (nSPS) is 19.6. The van der Waals surface area contributed by atoms with Gasteiger partial charge in [0.15, 0.2) is 0 Å². The number of nitrogens with zero attached hydrogens (tertiary/aromatic N) is 2. The highest BCUT2D eigenvalue weighted by Gasteiger charge is 2.39. The van der Waals surface area contributed by atoms with Crippen molar-refractivity contribution in [2.45, 2.75) is 38.5 Å². The molecule has 1 aliphatic rings. The molecule has 0 aliphatic carbocycles. The van der Waals surface area contributed by atoms with Crippen LogP contribution in [0.25, 0.3) is 0 Å². The Morgan fingerprint density at radius 1 is 1.22 bits per heavy atom. The van der Waals surface area contributed by atoms with Gasteiger partial charge in [-0.05, 0) is 44.0 Å². The Balaban J connectivity index is 1.95. The lowest BCUT2D eigenvalue weighted by Crippen LogP contribution is -2.48. The minimum atomic E-state index is -4.27. The van der Waals surface area contributed by atoms with E-state index in [9.17, 15) is 17.6 Å². The summed E-state index contributed by atoms with van der Waals surface area (Å²) in [5, 5.41) is 2.88. The first-order valence-electron chi connectivity index (χ1n) is 7.32. The quantitative estimate of drug-likeness (QED) is 0.857. The number of halogens is 4. The Morgan fingerprint density at radius 2 is 1.87 bits per heavy atom. The molecule has 2 atom stereocenters. The summed E-state index contributed by atoms with van der Waals surface area (Å²) in [6.45, 7) is 3.07. The van der Waals surface area contributed by atoms with E-state index in [1.165, 1.54) is 29.3 Å². The second-order valence-corrected chi connectivity index (χ2v) is 5.58. The van der Waals surface area contributed by atoms with Gasteiger partial charge >= 0.3 is 6.18 Å². The lowest BCUT2D eigenvalue weighted by molar-refractivity contribution is -0.172. The van der Waals surface area contributed by atoms with Gasteiger partial charge in [-0.15, -0.1) is 0 Å². The van der Waals surface area contributed by atoms with Gasteiger partial charge in [-0.25, -0.2) is 4.39 Å². The molecule has 0 radical (unpaired) electrons. The minimum absolute atomic E-state index is 0.0548. The number of aliphatic imine (C=N–C) groups is 1. The van der Waals surface area contributed by atoms with Gasteiger partial charge in [-0.3, -0.25) is 4.99 Å². The maximum absolute atomic E-state index is 12.9. The zero-order chi connectivity index (χ0) is 17.0. The molecule has 1 aromatic rings. The van der Waals surface area contributed by atoms with E-state index in [-0.39, 0.29) is 18.5 Å². The van der Waals surface area contributed by atoms with Crippen LogP contribution in [0.4, 0.5) is 17.6 Å². The van der Waals surface area contributed by atoms with E-state index >= 15 is 0 Å². The van der Waals surface area contributed by atoms with E-state index in [1.54, 1.807) is 12.1 Å². The lowest BCUT2D eigenvalue weighted by atomic mass is 10.1. The molecule has 0 saturated carbocycles. The van der Waals surface area contributed by atoms with Crippen LogP contribution in [0.1, 0.15) is 19.4 Å². The summed E-state index contributed by atoms with van der Waals surface area (Å²) < 4.78 is 50.8. The molecule has 7 heteroatoms. The highest BCUT2D eigenvalue weighted by atomic mass is 19.4. The average molecular weight is 329 g/mol. The van der Waals surface area contributed by atoms with Gasteiger partial charge in [0.25, 0.3) is 0 Å². The number of hydrogen-bond acceptors (Lipinski definition) is 2. The van der Waals surface area contributed by atoms with E-state index in [1.807, 2.05) is 6.92 Å². The number of amidine groups is 1. The highest BCUT2D eigenvalue weighted by Crippen LogP contribution is 2.24. The van der Waals surface area contributed by atoms with Crippen LogP contribution in [0.15, 0.2) is 41.5 Å². The summed E-state index contributed by atoms with van der Waals surface area (Å²) >= 11 is 0. The van der Waals surface area contributed by atoms with Crippen LogP contribution in [0.5, 0.6) is 0 Å². The van der Waals surface area contributed by atoms with Crippen molar-refractivity contribution in [1.29, 1.82) is 0 Å². The van der Waals surface area contributed by atoms with Gasteiger partial charge in [-0.1, -0.05) is 12.1 Å². The summed E-state index contributed by atoms with van der Waals surface area (Å²) in [5.41, 5.74) is 0.954. The molecule has 126 valence electrons. The maximum Gasteiger partial charge on any atom is 0.408 e. The summed E-state index contributed by atoms with van der Waals surface area (Å²) in [4.78, 5) is 5.60. The Kier molecular flexibility index (Phi) is 5.28. The largest absolute Gasteiger partial charge is 0.408 e. The molecule has 0 bridgehead atoms. The van der Waals surface area contributed by atoms with E-state index in [2.05, 4.69) is 10.3 Å². The molecule has 2 rings (SSSR count). The van der Waals surface area contributed by atoms with Crippen LogP contribution in [-0.2, 0) is 6.42 Å². The third kappa shape index (κ3) is 4.97. The molecule has 0 saturated heterocycles. The van der Waals surface area contributed by atoms with Crippen LogP contribution in [0.3, 0.4) is 0 Å². The Morgan fingerprint density at radius 3 is 2.39 bits per heavy atom. The first kappa shape index (κ1) is 17.3. The first-order valence-corrected chi connectivity index (χ1v) is 7.32. The smallest absolute Gasteiger partial charge is 0.353 e. The highest BCUT2D eigenvalue weighted by molar-refractivity contribution is 5.93. The number of benzene rings is 1. The zero-order valence-corrected chi connectivity index (χ0v) is 12.9. The fourth-order valence-corrected chi connectivity index (χ4v) is 2.24. The number of nitrogens with one attached hydrogen (secondary N) is 1. The number of rotatable bonds is 4. The Bertz CT molecular complexity index is 578. The maximum atomic E-state index is 12.9. The lowest BCUT2D eigenvalue weighted by Gasteiger charge is -2.32. The van der Waals surface area contributed by atoms with Crippen LogP contribution >= 0.6 is 0 Å². The van der Waals surface area contributed by atoms with Crippen molar-refractivity contribution in [2.75, 3.05) is 6.67 Å². The standard InChI is InChI=1S/C16H19F4N3/c1-11(9-13-3-5-14(17)6-4-13)22-15-7-8-23(10-21-15)12(2)16(18,19)20/h3-8,11-12H,9-10H2,1-2H3,(H,21,22)/t11-,12-/m0/s1. The molecular formula is C16H19F4N3. The van der Waals surface area contributed by atoms with Gasteiger partial charge < -0.3 is 10.2 Å². The average Bonchev–Trinajstić information content (AvgIpc) is 2.49. The molecule has 0 fully saturated rings. The Hall–Kier alpha value is -2.05. The van der Waals surface area contributed by atoms with Crippen molar-refractivity contribution in [3.8, 4) is 0 Å². The van der Waals surface area contributed by atoms with Crippen molar-refractivity contribution in [3.63, 3.8) is 0 Å². The van der Waals surface area contributed by atoms with Gasteiger partial charge in [-0.2, -0.15) is 13.2 Å². The topological polar surface area (TPSA) is 27.6 Å². The van der Waals surface area contributed by atoms with Crippen molar-refractivity contribution >= 4 is 5.84 Å². The molecule has 23 heavy (non-hydrogen) atoms. The molecular weight excluding hydrogens is 310 g/mol. The van der Waals surface area contributed by atoms with Gasteiger partial charge in [0.05, 0.1) is 12.7 Å². The molecule has 1 N–H and O–H groups in total. The van der Waals surface area contributed by atoms with E-state index < -0.39 is 12.2 Å². The number of alkyl halides is 3. The fourth-order valence-electron chi connectivity index (χ4n) is 2.24. The van der Waals surface area contributed by atoms with Crippen molar-refractivity contribution in [1.82, 2.24) is 10.2 Å². The molecule has 1 heterocycles. The van der Waals surface area contributed by atoms with Gasteiger partial charge in [0.1, 0.15) is 17.7 Å². The second-order valence-electron chi connectivity index (χ2n) is 5.58. The molecule has 1 aliphatic heterocycles. The van der Waals surface area contributed by atoms with Crippen molar-refractivity contribution in [2.24, 2.45) is 4.99 Å². The van der Waals surface area contributed by atoms with Crippen LogP contribution in [0, 0.1) is 5.82 Å². The monoisotopic (exact) mass is 329 g/mol. The molecule has 0 amide bonds. The van der Waals surface area contributed by atoms with Crippen LogP contribution < -0.4 is 5.32 Å². The molecule has 0 unspecified atom stereocenters. The predicted octanol–water partition coefficient (Wildman–Crippen LogP) is 3.48. The third-order valence-corrected chi connectivity index (χ3v) is 3.64. The third-order valence-electron chi connectivity index (χ3n) is 3.64. The summed E-state index contributed by atoms with van der Waals surface area (Å²) in [6.07, 6.45) is -0.705. The van der Waals surface area contributed by atoms with E-state index in [4.69, 9.17) is 0 Å². The number of hydrogen-bond donors (Lipinski definition) is 1. The first-order chi connectivity index (χ1) is 10.8. The molecule has 0 spiro atoms. The minimum Gasteiger partial charge on any atom is -0.353 e. The molecule has 0 aromatic heterocycles. The van der Waals surface area contributed by atoms with Gasteiger partial charge in [0, 0.05) is 6.20 Å². The fraction of sp³-hybridized carbons (Fsp3) is 0.438. The van der Waals surface area contributed by atoms with Crippen molar-refractivity contribution < 1.29 is 17.6 Å². The molecule has 1 aromatic carbocycles. The summed E-state index contributed by atoms with van der Waals surface area (Å²) in [6, 6.07) is 4.56. The summed E-state index contributed by atoms with van der Waals surface area (Å²) in [7, 11) is 0. The summed E-state index contributed by atoms with van der Waals surface area (Å²) in [5.74, 6) is 0.258. The van der Waals surface area contributed by atoms with Crippen LogP contribution in [0.2, 0.25) is 0 Å². The Labute approximate surface area is 132 Å².